The number of hydrogen-bond acceptors (Lipinski definition) is 5. The summed E-state index contributed by atoms with van der Waals surface area (Å²) in [6, 6.07) is 10.5. The van der Waals surface area contributed by atoms with E-state index in [0.29, 0.717) is 25.4 Å². The average molecular weight is 477 g/mol. The maximum absolute atomic E-state index is 12.9. The summed E-state index contributed by atoms with van der Waals surface area (Å²) in [5, 5.41) is 5.16. The molecule has 2 amide bonds. The third-order valence-corrected chi connectivity index (χ3v) is 5.35. The molecule has 1 fully saturated rings. The van der Waals surface area contributed by atoms with Crippen molar-refractivity contribution in [1.82, 2.24) is 4.90 Å². The van der Waals surface area contributed by atoms with Crippen molar-refractivity contribution in [3.63, 3.8) is 0 Å². The van der Waals surface area contributed by atoms with Gasteiger partial charge in [-0.2, -0.15) is 13.2 Å². The fourth-order valence-corrected chi connectivity index (χ4v) is 3.77. The molecule has 0 saturated carbocycles. The zero-order chi connectivity index (χ0) is 24.7. The van der Waals surface area contributed by atoms with E-state index in [1.165, 1.54) is 24.3 Å². The largest absolute Gasteiger partial charge is 0.466 e. The molecular formula is C24H26F3N3O4. The molecule has 0 unspecified atom stereocenters. The van der Waals surface area contributed by atoms with Gasteiger partial charge in [-0.15, -0.1) is 0 Å². The number of nitrogens with one attached hydrogen (secondary N) is 2. The highest BCUT2D eigenvalue weighted by Crippen LogP contribution is 2.30. The first-order chi connectivity index (χ1) is 16.2. The Kier molecular flexibility index (Phi) is 8.27. The predicted molar refractivity (Wildman–Crippen MR) is 120 cm³/mol. The number of nitrogens with zero attached hydrogens (tertiary/aromatic N) is 1. The van der Waals surface area contributed by atoms with Gasteiger partial charge >= 0.3 is 12.1 Å². The lowest BCUT2D eigenvalue weighted by molar-refractivity contribution is -0.150. The Bertz CT molecular complexity index is 1040. The molecule has 0 bridgehead atoms. The highest BCUT2D eigenvalue weighted by Gasteiger charge is 2.30. The molecule has 0 aromatic heterocycles. The van der Waals surface area contributed by atoms with E-state index in [-0.39, 0.29) is 35.6 Å². The lowest BCUT2D eigenvalue weighted by atomic mass is 9.98. The van der Waals surface area contributed by atoms with Crippen LogP contribution in [0.2, 0.25) is 0 Å². The number of hydrogen-bond donors (Lipinski definition) is 2. The highest BCUT2D eigenvalue weighted by atomic mass is 19.4. The monoisotopic (exact) mass is 477 g/mol. The summed E-state index contributed by atoms with van der Waals surface area (Å²) in [4.78, 5) is 38.9. The van der Waals surface area contributed by atoms with Crippen LogP contribution in [0.5, 0.6) is 0 Å². The van der Waals surface area contributed by atoms with Crippen LogP contribution in [0.4, 0.5) is 24.5 Å². The van der Waals surface area contributed by atoms with E-state index in [2.05, 4.69) is 10.6 Å². The topological polar surface area (TPSA) is 87.7 Å². The number of halogens is 3. The standard InChI is InChI=1S/C24H26F3N3O4/c1-2-34-23(33)17-7-5-11-30(14-17)15-21(31)28-19-9-3-6-16(12-19)22(32)29-20-10-4-8-18(13-20)24(25,26)27/h3-4,6,8-10,12-13,17H,2,5,7,11,14-15H2,1H3,(H,28,31)(H,29,32)/t17-/m1/s1. The number of anilines is 2. The number of amides is 2. The molecule has 10 heteroatoms. The highest BCUT2D eigenvalue weighted by molar-refractivity contribution is 6.05. The Hall–Kier alpha value is -3.40. The first kappa shape index (κ1) is 25.2. The molecule has 182 valence electrons. The molecular weight excluding hydrogens is 451 g/mol. The van der Waals surface area contributed by atoms with Crippen molar-refractivity contribution >= 4 is 29.2 Å². The van der Waals surface area contributed by atoms with Crippen LogP contribution in [-0.2, 0) is 20.5 Å². The number of carbonyl (C=O) groups is 3. The molecule has 7 nitrogen and oxygen atoms in total. The average Bonchev–Trinajstić information content (AvgIpc) is 2.79. The Balaban J connectivity index is 1.58. The smallest absolute Gasteiger partial charge is 0.416 e. The van der Waals surface area contributed by atoms with Crippen molar-refractivity contribution < 1.29 is 32.3 Å². The van der Waals surface area contributed by atoms with Gasteiger partial charge in [-0.3, -0.25) is 19.3 Å². The molecule has 1 atom stereocenters. The SMILES string of the molecule is CCOC(=O)[C@@H]1CCCN(CC(=O)Nc2cccc(C(=O)Nc3cccc(C(F)(F)F)c3)c2)C1. The molecule has 1 saturated heterocycles. The van der Waals surface area contributed by atoms with Crippen LogP contribution in [0.3, 0.4) is 0 Å². The summed E-state index contributed by atoms with van der Waals surface area (Å²) in [7, 11) is 0. The van der Waals surface area contributed by atoms with Gasteiger partial charge in [0.2, 0.25) is 5.91 Å². The van der Waals surface area contributed by atoms with Crippen molar-refractivity contribution in [3.8, 4) is 0 Å². The lowest BCUT2D eigenvalue weighted by Crippen LogP contribution is -2.43. The molecule has 2 aromatic rings. The molecule has 3 rings (SSSR count). The van der Waals surface area contributed by atoms with Crippen LogP contribution in [0.1, 0.15) is 35.7 Å². The predicted octanol–water partition coefficient (Wildman–Crippen LogP) is 4.17. The van der Waals surface area contributed by atoms with Crippen molar-refractivity contribution in [1.29, 1.82) is 0 Å². The van der Waals surface area contributed by atoms with E-state index in [9.17, 15) is 27.6 Å². The summed E-state index contributed by atoms with van der Waals surface area (Å²) < 4.78 is 43.7. The van der Waals surface area contributed by atoms with E-state index < -0.39 is 17.6 Å². The zero-order valence-corrected chi connectivity index (χ0v) is 18.7. The van der Waals surface area contributed by atoms with Crippen LogP contribution in [0.15, 0.2) is 48.5 Å². The van der Waals surface area contributed by atoms with Crippen LogP contribution in [0.25, 0.3) is 0 Å². The first-order valence-electron chi connectivity index (χ1n) is 10.9. The maximum atomic E-state index is 12.9. The van der Waals surface area contributed by atoms with Gasteiger partial charge in [0.15, 0.2) is 0 Å². The molecule has 1 aliphatic heterocycles. The van der Waals surface area contributed by atoms with Gasteiger partial charge in [-0.05, 0) is 62.7 Å². The van der Waals surface area contributed by atoms with E-state index in [1.54, 1.807) is 19.1 Å². The summed E-state index contributed by atoms with van der Waals surface area (Å²) in [5.74, 6) is -1.43. The fourth-order valence-electron chi connectivity index (χ4n) is 3.77. The van der Waals surface area contributed by atoms with E-state index in [0.717, 1.165) is 25.0 Å². The molecule has 34 heavy (non-hydrogen) atoms. The second kappa shape index (κ2) is 11.1. The van der Waals surface area contributed by atoms with E-state index >= 15 is 0 Å². The van der Waals surface area contributed by atoms with Crippen molar-refractivity contribution in [2.45, 2.75) is 25.9 Å². The number of benzene rings is 2. The zero-order valence-electron chi connectivity index (χ0n) is 18.7. The lowest BCUT2D eigenvalue weighted by Gasteiger charge is -2.30. The summed E-state index contributed by atoms with van der Waals surface area (Å²) >= 11 is 0. The maximum Gasteiger partial charge on any atom is 0.416 e. The minimum atomic E-state index is -4.52. The molecule has 0 spiro atoms. The fraction of sp³-hybridized carbons (Fsp3) is 0.375. The van der Waals surface area contributed by atoms with Crippen LogP contribution < -0.4 is 10.6 Å². The Labute approximate surface area is 195 Å². The quantitative estimate of drug-likeness (QED) is 0.585. The Morgan fingerprint density at radius 1 is 1.06 bits per heavy atom. The molecule has 0 radical (unpaired) electrons. The number of rotatable bonds is 7. The van der Waals surface area contributed by atoms with Gasteiger partial charge in [-0.1, -0.05) is 12.1 Å². The number of piperidine rings is 1. The summed E-state index contributed by atoms with van der Waals surface area (Å²) in [5.41, 5.74) is -0.305. The van der Waals surface area contributed by atoms with Gasteiger partial charge in [-0.25, -0.2) is 0 Å². The van der Waals surface area contributed by atoms with Gasteiger partial charge in [0.1, 0.15) is 0 Å². The number of esters is 1. The van der Waals surface area contributed by atoms with Gasteiger partial charge in [0, 0.05) is 23.5 Å². The number of alkyl halides is 3. The molecule has 1 aliphatic rings. The van der Waals surface area contributed by atoms with E-state index in [1.807, 2.05) is 4.90 Å². The normalized spacial score (nSPS) is 16.5. The third-order valence-electron chi connectivity index (χ3n) is 5.35. The molecule has 1 heterocycles. The number of likely N-dealkylation sites (tertiary alicyclic amines) is 1. The summed E-state index contributed by atoms with van der Waals surface area (Å²) in [6.45, 7) is 3.26. The van der Waals surface area contributed by atoms with E-state index in [4.69, 9.17) is 4.74 Å². The van der Waals surface area contributed by atoms with Crippen molar-refractivity contribution in [2.75, 3.05) is 36.9 Å². The Morgan fingerprint density at radius 3 is 2.47 bits per heavy atom. The van der Waals surface area contributed by atoms with Crippen LogP contribution in [-0.4, -0.2) is 48.9 Å². The molecule has 2 N–H and O–H groups in total. The van der Waals surface area contributed by atoms with Crippen LogP contribution in [0, 0.1) is 5.92 Å². The van der Waals surface area contributed by atoms with Gasteiger partial charge in [0.25, 0.3) is 5.91 Å². The molecule has 0 aliphatic carbocycles. The second-order valence-electron chi connectivity index (χ2n) is 7.99. The van der Waals surface area contributed by atoms with Crippen molar-refractivity contribution in [3.05, 3.63) is 59.7 Å². The molecule has 2 aromatic carbocycles. The first-order valence-corrected chi connectivity index (χ1v) is 10.9. The second-order valence-corrected chi connectivity index (χ2v) is 7.99. The minimum absolute atomic E-state index is 0.00974. The minimum Gasteiger partial charge on any atom is -0.466 e. The van der Waals surface area contributed by atoms with Crippen molar-refractivity contribution in [2.24, 2.45) is 5.92 Å². The number of ether oxygens (including phenoxy) is 1. The number of carbonyl (C=O) groups excluding carboxylic acids is 3. The van der Waals surface area contributed by atoms with Crippen LogP contribution >= 0.6 is 0 Å². The Morgan fingerprint density at radius 2 is 1.76 bits per heavy atom. The third kappa shape index (κ3) is 7.05. The van der Waals surface area contributed by atoms with Gasteiger partial charge in [0.05, 0.1) is 24.6 Å². The van der Waals surface area contributed by atoms with Gasteiger partial charge < -0.3 is 15.4 Å². The summed E-state index contributed by atoms with van der Waals surface area (Å²) in [6.07, 6.45) is -3.02.